The number of ether oxygens (including phenoxy) is 1. The van der Waals surface area contributed by atoms with E-state index in [2.05, 4.69) is 32.7 Å². The van der Waals surface area contributed by atoms with Gasteiger partial charge in [0.2, 0.25) is 5.88 Å². The van der Waals surface area contributed by atoms with Crippen LogP contribution in [0.1, 0.15) is 88.4 Å². The second-order valence-electron chi connectivity index (χ2n) is 6.40. The summed E-state index contributed by atoms with van der Waals surface area (Å²) in [6, 6.07) is 0. The van der Waals surface area contributed by atoms with Gasteiger partial charge in [-0.05, 0) is 19.8 Å². The zero-order valence-electron chi connectivity index (χ0n) is 14.6. The van der Waals surface area contributed by atoms with Crippen LogP contribution in [0.25, 0.3) is 0 Å². The fourth-order valence-corrected chi connectivity index (χ4v) is 4.08. The van der Waals surface area contributed by atoms with Crippen molar-refractivity contribution >= 4 is 11.3 Å². The Bertz CT molecular complexity index is 402. The topological polar surface area (TPSA) is 22.1 Å². The van der Waals surface area contributed by atoms with E-state index in [1.54, 1.807) is 7.11 Å². The fraction of sp³-hybridized carbons (Fsp3) is 0.833. The lowest BCUT2D eigenvalue weighted by molar-refractivity contribution is 0.340. The zero-order chi connectivity index (χ0) is 15.7. The van der Waals surface area contributed by atoms with Gasteiger partial charge in [-0.25, -0.2) is 4.98 Å². The Labute approximate surface area is 135 Å². The molecule has 0 aromatic carbocycles. The molecule has 0 radical (unpaired) electrons. The van der Waals surface area contributed by atoms with Crippen LogP contribution in [0.4, 0.5) is 0 Å². The average Bonchev–Trinajstić information content (AvgIpc) is 2.86. The van der Waals surface area contributed by atoms with E-state index in [0.717, 1.165) is 10.9 Å². The van der Waals surface area contributed by atoms with Crippen LogP contribution in [0.2, 0.25) is 0 Å². The number of unbranched alkanes of at least 4 members (excludes halogenated alkanes) is 5. The van der Waals surface area contributed by atoms with Gasteiger partial charge in [0.05, 0.1) is 17.0 Å². The van der Waals surface area contributed by atoms with E-state index < -0.39 is 0 Å². The minimum Gasteiger partial charge on any atom is -0.480 e. The highest BCUT2D eigenvalue weighted by atomic mass is 32.1. The van der Waals surface area contributed by atoms with Crippen molar-refractivity contribution in [1.29, 1.82) is 0 Å². The highest BCUT2D eigenvalue weighted by molar-refractivity contribution is 7.12. The van der Waals surface area contributed by atoms with Gasteiger partial charge in [0.1, 0.15) is 0 Å². The molecule has 122 valence electrons. The Morgan fingerprint density at radius 2 is 1.57 bits per heavy atom. The summed E-state index contributed by atoms with van der Waals surface area (Å²) >= 11 is 1.83. The number of nitrogens with zero attached hydrogens (tertiary/aromatic N) is 1. The number of aryl methyl sites for hydroxylation is 1. The van der Waals surface area contributed by atoms with Gasteiger partial charge < -0.3 is 4.74 Å². The van der Waals surface area contributed by atoms with Crippen molar-refractivity contribution in [3.8, 4) is 5.88 Å². The standard InChI is InChI=1S/C18H33NOS/c1-6-8-10-12-14-18(4,13-11-9-7-2)16-17(20-5)19-15(3)21-16/h6-14H2,1-5H3. The first-order valence-electron chi connectivity index (χ1n) is 8.59. The molecule has 0 amide bonds. The number of thiazole rings is 1. The van der Waals surface area contributed by atoms with Gasteiger partial charge in [-0.2, -0.15) is 0 Å². The number of rotatable bonds is 11. The highest BCUT2D eigenvalue weighted by Crippen LogP contribution is 2.43. The molecular weight excluding hydrogens is 278 g/mol. The molecule has 2 nitrogen and oxygen atoms in total. The lowest BCUT2D eigenvalue weighted by Gasteiger charge is -2.29. The highest BCUT2D eigenvalue weighted by Gasteiger charge is 2.31. The summed E-state index contributed by atoms with van der Waals surface area (Å²) in [7, 11) is 1.75. The van der Waals surface area contributed by atoms with Crippen molar-refractivity contribution in [3.63, 3.8) is 0 Å². The summed E-state index contributed by atoms with van der Waals surface area (Å²) in [6.45, 7) is 9.05. The largest absolute Gasteiger partial charge is 0.480 e. The van der Waals surface area contributed by atoms with Gasteiger partial charge in [0, 0.05) is 5.41 Å². The third-order valence-corrected chi connectivity index (χ3v) is 5.62. The fourth-order valence-electron chi connectivity index (χ4n) is 2.99. The average molecular weight is 312 g/mol. The SMILES string of the molecule is CCCCCCC(C)(CCCCC)c1sc(C)nc1OC. The normalized spacial score (nSPS) is 14.1. The summed E-state index contributed by atoms with van der Waals surface area (Å²) in [5, 5.41) is 1.12. The molecule has 0 saturated carbocycles. The molecule has 3 heteroatoms. The van der Waals surface area contributed by atoms with Gasteiger partial charge in [-0.1, -0.05) is 65.7 Å². The first kappa shape index (κ1) is 18.5. The Kier molecular flexibility index (Phi) is 8.31. The summed E-state index contributed by atoms with van der Waals surface area (Å²) in [6.07, 6.45) is 11.7. The van der Waals surface area contributed by atoms with E-state index in [4.69, 9.17) is 4.74 Å². The lowest BCUT2D eigenvalue weighted by atomic mass is 9.78. The van der Waals surface area contributed by atoms with Crippen LogP contribution in [-0.4, -0.2) is 12.1 Å². The molecule has 0 N–H and O–H groups in total. The van der Waals surface area contributed by atoms with E-state index in [1.165, 1.54) is 62.7 Å². The molecular formula is C18H33NOS. The molecule has 0 fully saturated rings. The first-order chi connectivity index (χ1) is 10.1. The van der Waals surface area contributed by atoms with Crippen molar-refractivity contribution in [2.45, 2.75) is 90.9 Å². The molecule has 0 aliphatic heterocycles. The van der Waals surface area contributed by atoms with Crippen LogP contribution in [0, 0.1) is 6.92 Å². The molecule has 0 bridgehead atoms. The van der Waals surface area contributed by atoms with Crippen LogP contribution in [0.3, 0.4) is 0 Å². The lowest BCUT2D eigenvalue weighted by Crippen LogP contribution is -2.21. The monoisotopic (exact) mass is 311 g/mol. The molecule has 0 saturated heterocycles. The first-order valence-corrected chi connectivity index (χ1v) is 9.41. The zero-order valence-corrected chi connectivity index (χ0v) is 15.4. The van der Waals surface area contributed by atoms with E-state index in [-0.39, 0.29) is 5.41 Å². The maximum Gasteiger partial charge on any atom is 0.228 e. The van der Waals surface area contributed by atoms with Gasteiger partial charge in [-0.3, -0.25) is 0 Å². The van der Waals surface area contributed by atoms with E-state index >= 15 is 0 Å². The Morgan fingerprint density at radius 3 is 2.14 bits per heavy atom. The minimum atomic E-state index is 0.236. The van der Waals surface area contributed by atoms with Gasteiger partial charge in [0.15, 0.2) is 0 Å². The smallest absolute Gasteiger partial charge is 0.228 e. The number of hydrogen-bond donors (Lipinski definition) is 0. The predicted octanol–water partition coefficient (Wildman–Crippen LogP) is 6.27. The van der Waals surface area contributed by atoms with Crippen molar-refractivity contribution in [1.82, 2.24) is 4.98 Å². The summed E-state index contributed by atoms with van der Waals surface area (Å²) in [5.41, 5.74) is 0.236. The third-order valence-electron chi connectivity index (χ3n) is 4.36. The molecule has 0 aliphatic carbocycles. The third kappa shape index (κ3) is 5.61. The maximum atomic E-state index is 5.55. The molecule has 1 unspecified atom stereocenters. The summed E-state index contributed by atoms with van der Waals surface area (Å²) < 4.78 is 5.55. The molecule has 1 heterocycles. The quantitative estimate of drug-likeness (QED) is 0.449. The molecule has 1 aromatic heterocycles. The second kappa shape index (κ2) is 9.45. The van der Waals surface area contributed by atoms with Crippen molar-refractivity contribution in [2.75, 3.05) is 7.11 Å². The van der Waals surface area contributed by atoms with Crippen LogP contribution in [-0.2, 0) is 5.41 Å². The molecule has 1 aromatic rings. The number of aromatic nitrogens is 1. The van der Waals surface area contributed by atoms with Crippen LogP contribution >= 0.6 is 11.3 Å². The van der Waals surface area contributed by atoms with Crippen molar-refractivity contribution < 1.29 is 4.74 Å². The second-order valence-corrected chi connectivity index (χ2v) is 7.60. The Balaban J connectivity index is 2.82. The Morgan fingerprint density at radius 1 is 1.00 bits per heavy atom. The van der Waals surface area contributed by atoms with Gasteiger partial charge in [-0.15, -0.1) is 11.3 Å². The summed E-state index contributed by atoms with van der Waals surface area (Å²) in [4.78, 5) is 5.93. The van der Waals surface area contributed by atoms with E-state index in [9.17, 15) is 0 Å². The number of hydrogen-bond acceptors (Lipinski definition) is 3. The molecule has 21 heavy (non-hydrogen) atoms. The van der Waals surface area contributed by atoms with Crippen LogP contribution in [0.5, 0.6) is 5.88 Å². The molecule has 1 atom stereocenters. The van der Waals surface area contributed by atoms with Crippen LogP contribution in [0.15, 0.2) is 0 Å². The predicted molar refractivity (Wildman–Crippen MR) is 93.7 cm³/mol. The molecule has 0 spiro atoms. The Hall–Kier alpha value is -0.570. The summed E-state index contributed by atoms with van der Waals surface area (Å²) in [5.74, 6) is 0.868. The van der Waals surface area contributed by atoms with Crippen molar-refractivity contribution in [2.24, 2.45) is 0 Å². The maximum absolute atomic E-state index is 5.55. The van der Waals surface area contributed by atoms with Crippen LogP contribution < -0.4 is 4.74 Å². The van der Waals surface area contributed by atoms with Crippen molar-refractivity contribution in [3.05, 3.63) is 9.88 Å². The minimum absolute atomic E-state index is 0.236. The van der Waals surface area contributed by atoms with Gasteiger partial charge >= 0.3 is 0 Å². The van der Waals surface area contributed by atoms with Gasteiger partial charge in [0.25, 0.3) is 0 Å². The number of methoxy groups -OCH3 is 1. The van der Waals surface area contributed by atoms with E-state index in [1.807, 2.05) is 11.3 Å². The molecule has 1 rings (SSSR count). The molecule has 0 aliphatic rings. The van der Waals surface area contributed by atoms with E-state index in [0.29, 0.717) is 0 Å².